The average Bonchev–Trinajstić information content (AvgIpc) is 3.42. The van der Waals surface area contributed by atoms with Gasteiger partial charge in [-0.25, -0.2) is 4.98 Å². The molecule has 3 aliphatic rings. The van der Waals surface area contributed by atoms with Crippen LogP contribution in [-0.2, 0) is 20.1 Å². The SMILES string of the molecule is CC(O)CC(C)O.Cc1c(-c2[c-]cccc2)ncnc1C1CC2CC1C1CCCC21.[Ir]. The van der Waals surface area contributed by atoms with Crippen LogP contribution in [0.15, 0.2) is 30.6 Å². The monoisotopic (exact) mass is 600 g/mol. The average molecular weight is 600 g/mol. The molecule has 5 rings (SSSR count). The van der Waals surface area contributed by atoms with Crippen LogP contribution in [0.5, 0.6) is 0 Å². The van der Waals surface area contributed by atoms with Crippen LogP contribution in [0.25, 0.3) is 11.3 Å². The summed E-state index contributed by atoms with van der Waals surface area (Å²) in [6.07, 6.45) is 8.73. The molecule has 3 aliphatic carbocycles. The summed E-state index contributed by atoms with van der Waals surface area (Å²) >= 11 is 0. The van der Waals surface area contributed by atoms with E-state index in [0.29, 0.717) is 12.3 Å². The molecule has 1 aromatic carbocycles. The van der Waals surface area contributed by atoms with Gasteiger partial charge in [0, 0.05) is 31.7 Å². The van der Waals surface area contributed by atoms with Crippen LogP contribution >= 0.6 is 0 Å². The van der Waals surface area contributed by atoms with Gasteiger partial charge in [-0.05, 0) is 87.8 Å². The molecular formula is C26H35IrN2O2-. The van der Waals surface area contributed by atoms with Crippen LogP contribution in [-0.4, -0.2) is 32.4 Å². The predicted octanol–water partition coefficient (Wildman–Crippen LogP) is 4.93. The third kappa shape index (κ3) is 5.27. The first kappa shape index (κ1) is 24.5. The van der Waals surface area contributed by atoms with E-state index in [1.165, 1.54) is 43.4 Å². The number of aromatic nitrogens is 2. The summed E-state index contributed by atoms with van der Waals surface area (Å²) in [5.74, 6) is 4.55. The van der Waals surface area contributed by atoms with Gasteiger partial charge >= 0.3 is 0 Å². The topological polar surface area (TPSA) is 66.2 Å². The number of hydrogen-bond donors (Lipinski definition) is 2. The molecule has 4 nitrogen and oxygen atoms in total. The fourth-order valence-electron chi connectivity index (χ4n) is 6.53. The Morgan fingerprint density at radius 3 is 2.42 bits per heavy atom. The third-order valence-corrected chi connectivity index (χ3v) is 7.55. The zero-order chi connectivity index (χ0) is 21.3. The molecule has 1 aromatic heterocycles. The van der Waals surface area contributed by atoms with Crippen molar-refractivity contribution in [3.8, 4) is 11.3 Å². The second-order valence-electron chi connectivity index (χ2n) is 9.70. The van der Waals surface area contributed by atoms with Crippen molar-refractivity contribution in [2.45, 2.75) is 77.4 Å². The molecule has 0 saturated heterocycles. The molecule has 3 fully saturated rings. The number of nitrogens with zero attached hydrogens (tertiary/aromatic N) is 2. The quantitative estimate of drug-likeness (QED) is 0.490. The Morgan fingerprint density at radius 1 is 1.03 bits per heavy atom. The van der Waals surface area contributed by atoms with E-state index < -0.39 is 0 Å². The molecule has 3 saturated carbocycles. The van der Waals surface area contributed by atoms with Crippen LogP contribution in [0.1, 0.15) is 69.5 Å². The van der Waals surface area contributed by atoms with E-state index in [1.807, 2.05) is 12.1 Å². The van der Waals surface area contributed by atoms with Gasteiger partial charge < -0.3 is 10.2 Å². The number of fused-ring (bicyclic) bond motifs is 5. The van der Waals surface area contributed by atoms with Crippen molar-refractivity contribution in [3.63, 3.8) is 0 Å². The van der Waals surface area contributed by atoms with Crippen LogP contribution < -0.4 is 0 Å². The van der Waals surface area contributed by atoms with Crippen molar-refractivity contribution < 1.29 is 30.3 Å². The largest absolute Gasteiger partial charge is 0.393 e. The number of hydrogen-bond acceptors (Lipinski definition) is 4. The van der Waals surface area contributed by atoms with Gasteiger partial charge in [-0.15, -0.1) is 35.9 Å². The zero-order valence-corrected chi connectivity index (χ0v) is 21.2. The van der Waals surface area contributed by atoms with E-state index >= 15 is 0 Å². The van der Waals surface area contributed by atoms with Crippen molar-refractivity contribution in [1.29, 1.82) is 0 Å². The van der Waals surface area contributed by atoms with Gasteiger partial charge in [-0.2, -0.15) is 0 Å². The van der Waals surface area contributed by atoms with Gasteiger partial charge in [0.15, 0.2) is 0 Å². The maximum Gasteiger partial charge on any atom is 0.105 e. The first-order valence-corrected chi connectivity index (χ1v) is 11.6. The van der Waals surface area contributed by atoms with Crippen molar-refractivity contribution in [2.24, 2.45) is 23.7 Å². The van der Waals surface area contributed by atoms with E-state index in [9.17, 15) is 0 Å². The van der Waals surface area contributed by atoms with E-state index in [1.54, 1.807) is 20.2 Å². The van der Waals surface area contributed by atoms with Crippen LogP contribution in [0, 0.1) is 36.7 Å². The first-order valence-electron chi connectivity index (χ1n) is 11.6. The predicted molar refractivity (Wildman–Crippen MR) is 119 cm³/mol. The summed E-state index contributed by atoms with van der Waals surface area (Å²) in [7, 11) is 0. The van der Waals surface area contributed by atoms with Gasteiger partial charge in [0.2, 0.25) is 0 Å². The molecule has 7 unspecified atom stereocenters. The molecule has 5 heteroatoms. The standard InChI is InChI=1S/C21H23N2.C5H12O2.Ir/c1-13-20(14-6-3-2-4-7-14)22-12-23-21(13)19-11-15-10-18(19)17-9-5-8-16(15)17;1-4(6)3-5(2)7;/h2-4,6,12,15-19H,5,8-11H2,1H3;4-7H,3H2,1-2H3;/q-1;;. The summed E-state index contributed by atoms with van der Waals surface area (Å²) < 4.78 is 0. The van der Waals surface area contributed by atoms with Crippen molar-refractivity contribution in [3.05, 3.63) is 47.9 Å². The minimum atomic E-state index is -0.375. The minimum absolute atomic E-state index is 0. The Labute approximate surface area is 200 Å². The zero-order valence-electron chi connectivity index (χ0n) is 18.8. The van der Waals surface area contributed by atoms with E-state index in [-0.39, 0.29) is 32.3 Å². The van der Waals surface area contributed by atoms with Crippen molar-refractivity contribution in [1.82, 2.24) is 9.97 Å². The van der Waals surface area contributed by atoms with Crippen LogP contribution in [0.4, 0.5) is 0 Å². The number of aliphatic hydroxyl groups is 2. The first-order chi connectivity index (χ1) is 14.5. The summed E-state index contributed by atoms with van der Waals surface area (Å²) in [5, 5.41) is 17.1. The normalized spacial score (nSPS) is 30.0. The molecule has 31 heavy (non-hydrogen) atoms. The second kappa shape index (κ2) is 10.7. The van der Waals surface area contributed by atoms with Crippen molar-refractivity contribution >= 4 is 0 Å². The Balaban J connectivity index is 0.000000299. The molecule has 7 atom stereocenters. The molecule has 0 spiro atoms. The number of aliphatic hydroxyl groups excluding tert-OH is 2. The van der Waals surface area contributed by atoms with Crippen LogP contribution in [0.3, 0.4) is 0 Å². The Bertz CT molecular complexity index is 837. The summed E-state index contributed by atoms with van der Waals surface area (Å²) in [4.78, 5) is 9.32. The molecule has 0 aliphatic heterocycles. The van der Waals surface area contributed by atoms with Crippen molar-refractivity contribution in [2.75, 3.05) is 0 Å². The van der Waals surface area contributed by atoms with Gasteiger partial charge in [0.05, 0.1) is 12.2 Å². The Hall–Kier alpha value is -1.13. The van der Waals surface area contributed by atoms with Crippen LogP contribution in [0.2, 0.25) is 0 Å². The third-order valence-electron chi connectivity index (χ3n) is 7.55. The smallest absolute Gasteiger partial charge is 0.105 e. The number of benzene rings is 1. The van der Waals surface area contributed by atoms with Gasteiger partial charge in [-0.1, -0.05) is 6.42 Å². The Kier molecular flexibility index (Phi) is 8.43. The summed E-state index contributed by atoms with van der Waals surface area (Å²) in [6, 6.07) is 11.5. The van der Waals surface area contributed by atoms with E-state index in [0.717, 1.165) is 34.9 Å². The molecule has 2 N–H and O–H groups in total. The molecule has 0 amide bonds. The molecule has 2 aromatic rings. The minimum Gasteiger partial charge on any atom is -0.393 e. The molecule has 171 valence electrons. The number of rotatable bonds is 4. The molecular weight excluding hydrogens is 565 g/mol. The molecule has 1 radical (unpaired) electrons. The Morgan fingerprint density at radius 2 is 1.77 bits per heavy atom. The maximum atomic E-state index is 8.56. The summed E-state index contributed by atoms with van der Waals surface area (Å²) in [5.41, 5.74) is 4.77. The van der Waals surface area contributed by atoms with Gasteiger partial charge in [0.25, 0.3) is 0 Å². The van der Waals surface area contributed by atoms with Gasteiger partial charge in [-0.3, -0.25) is 4.98 Å². The van der Waals surface area contributed by atoms with E-state index in [4.69, 9.17) is 15.2 Å². The maximum absolute atomic E-state index is 8.56. The molecule has 2 bridgehead atoms. The molecule has 1 heterocycles. The van der Waals surface area contributed by atoms with E-state index in [2.05, 4.69) is 30.1 Å². The fourth-order valence-corrected chi connectivity index (χ4v) is 6.53. The van der Waals surface area contributed by atoms with Gasteiger partial charge in [0.1, 0.15) is 6.33 Å². The summed E-state index contributed by atoms with van der Waals surface area (Å²) in [6.45, 7) is 5.53. The second-order valence-corrected chi connectivity index (χ2v) is 9.70. The fraction of sp³-hybridized carbons (Fsp3) is 0.615.